The van der Waals surface area contributed by atoms with E-state index in [0.29, 0.717) is 12.5 Å². The maximum atomic E-state index is 13.2. The Morgan fingerprint density at radius 2 is 1.62 bits per heavy atom. The van der Waals surface area contributed by atoms with E-state index in [-0.39, 0.29) is 18.6 Å². The summed E-state index contributed by atoms with van der Waals surface area (Å²) in [7, 11) is 0. The molecule has 1 unspecified atom stereocenters. The number of carbonyl (C=O) groups is 1. The number of hydrogen-bond acceptors (Lipinski definition) is 3. The first kappa shape index (κ1) is 27.3. The Kier molecular flexibility index (Phi) is 8.45. The van der Waals surface area contributed by atoms with Crippen molar-refractivity contribution in [2.45, 2.75) is 50.8 Å². The first-order chi connectivity index (χ1) is 19.6. The van der Waals surface area contributed by atoms with Crippen LogP contribution >= 0.6 is 23.2 Å². The number of nitrogens with zero attached hydrogens (tertiary/aromatic N) is 2. The van der Waals surface area contributed by atoms with Crippen LogP contribution in [-0.4, -0.2) is 47.7 Å². The number of hydrogen-bond donors (Lipinski definition) is 1. The Morgan fingerprint density at radius 3 is 2.35 bits per heavy atom. The summed E-state index contributed by atoms with van der Waals surface area (Å²) >= 11 is 13.1. The van der Waals surface area contributed by atoms with Gasteiger partial charge in [-0.1, -0.05) is 77.8 Å². The monoisotopic (exact) mass is 575 g/mol. The Balaban J connectivity index is 1.28. The second kappa shape index (κ2) is 12.4. The summed E-state index contributed by atoms with van der Waals surface area (Å²) in [6, 6.07) is 24.7. The van der Waals surface area contributed by atoms with Crippen LogP contribution in [0.3, 0.4) is 0 Å². The Bertz CT molecular complexity index is 1450. The SMILES string of the molecule is O=C(Cn1c(-c2ccccc2)c(CN2CCC(c3c(Cl)cccc3Cl)CC2)c2ccccc21)NCC1CCCO1. The average Bonchev–Trinajstić information content (AvgIpc) is 3.60. The second-order valence-electron chi connectivity index (χ2n) is 10.9. The molecular formula is C33H35Cl2N3O2. The molecule has 0 saturated carbocycles. The lowest BCUT2D eigenvalue weighted by Gasteiger charge is -2.33. The van der Waals surface area contributed by atoms with Crippen LogP contribution in [0.1, 0.15) is 42.7 Å². The number of fused-ring (bicyclic) bond motifs is 1. The minimum atomic E-state index is 0.0115. The number of para-hydroxylation sites is 1. The number of piperidine rings is 1. The molecule has 2 fully saturated rings. The number of carbonyl (C=O) groups excluding carboxylic acids is 1. The lowest BCUT2D eigenvalue weighted by molar-refractivity contribution is -0.122. The van der Waals surface area contributed by atoms with Gasteiger partial charge in [0.15, 0.2) is 0 Å². The molecule has 1 atom stereocenters. The molecule has 5 nitrogen and oxygen atoms in total. The summed E-state index contributed by atoms with van der Waals surface area (Å²) in [5.41, 5.74) is 5.68. The number of likely N-dealkylation sites (tertiary alicyclic amines) is 1. The lowest BCUT2D eigenvalue weighted by atomic mass is 9.89. The molecule has 1 aromatic heterocycles. The zero-order valence-corrected chi connectivity index (χ0v) is 24.1. The van der Waals surface area contributed by atoms with Crippen molar-refractivity contribution >= 4 is 40.0 Å². The summed E-state index contributed by atoms with van der Waals surface area (Å²) in [4.78, 5) is 15.7. The van der Waals surface area contributed by atoms with Gasteiger partial charge < -0.3 is 14.6 Å². The van der Waals surface area contributed by atoms with E-state index >= 15 is 0 Å². The fraction of sp³-hybridized carbons (Fsp3) is 0.364. The van der Waals surface area contributed by atoms with Gasteiger partial charge in [-0.15, -0.1) is 0 Å². The molecule has 1 amide bonds. The van der Waals surface area contributed by atoms with E-state index in [2.05, 4.69) is 63.3 Å². The normalized spacial score (nSPS) is 18.4. The van der Waals surface area contributed by atoms with Crippen LogP contribution in [0, 0.1) is 0 Å². The molecule has 40 heavy (non-hydrogen) atoms. The van der Waals surface area contributed by atoms with Gasteiger partial charge in [0.2, 0.25) is 5.91 Å². The maximum Gasteiger partial charge on any atom is 0.240 e. The molecule has 2 aliphatic heterocycles. The average molecular weight is 577 g/mol. The molecule has 0 aliphatic carbocycles. The van der Waals surface area contributed by atoms with E-state index in [0.717, 1.165) is 84.3 Å². The van der Waals surface area contributed by atoms with Gasteiger partial charge >= 0.3 is 0 Å². The molecule has 0 bridgehead atoms. The van der Waals surface area contributed by atoms with Crippen LogP contribution < -0.4 is 5.32 Å². The standard InChI is InChI=1S/C33H35Cl2N3O2/c34-28-12-6-13-29(35)32(28)23-15-17-37(18-16-23)21-27-26-11-4-5-14-30(26)38(33(27)24-8-2-1-3-9-24)22-31(39)36-20-25-10-7-19-40-25/h1-6,8-9,11-14,23,25H,7,10,15-22H2,(H,36,39). The minimum absolute atomic E-state index is 0.0115. The van der Waals surface area contributed by atoms with Crippen molar-refractivity contribution in [1.82, 2.24) is 14.8 Å². The van der Waals surface area contributed by atoms with Gasteiger partial charge in [-0.3, -0.25) is 9.69 Å². The molecule has 1 N–H and O–H groups in total. The first-order valence-corrected chi connectivity index (χ1v) is 15.0. The summed E-state index contributed by atoms with van der Waals surface area (Å²) in [6.07, 6.45) is 4.21. The highest BCUT2D eigenvalue weighted by Crippen LogP contribution is 2.39. The molecule has 4 aromatic rings. The maximum absolute atomic E-state index is 13.2. The van der Waals surface area contributed by atoms with Crippen molar-refractivity contribution in [3.8, 4) is 11.3 Å². The molecule has 3 heterocycles. The minimum Gasteiger partial charge on any atom is -0.376 e. The molecule has 2 aliphatic rings. The molecule has 3 aromatic carbocycles. The van der Waals surface area contributed by atoms with E-state index in [1.807, 2.05) is 24.3 Å². The molecule has 2 saturated heterocycles. The van der Waals surface area contributed by atoms with Gasteiger partial charge in [-0.2, -0.15) is 0 Å². The van der Waals surface area contributed by atoms with Crippen molar-refractivity contribution in [1.29, 1.82) is 0 Å². The summed E-state index contributed by atoms with van der Waals surface area (Å²) < 4.78 is 7.91. The molecule has 0 radical (unpaired) electrons. The number of amides is 1. The molecule has 7 heteroatoms. The third-order valence-corrected chi connectivity index (χ3v) is 9.01. The topological polar surface area (TPSA) is 46.5 Å². The van der Waals surface area contributed by atoms with Crippen molar-refractivity contribution in [3.05, 3.63) is 94.0 Å². The predicted molar refractivity (Wildman–Crippen MR) is 163 cm³/mol. The lowest BCUT2D eigenvalue weighted by Crippen LogP contribution is -2.34. The second-order valence-corrected chi connectivity index (χ2v) is 11.7. The summed E-state index contributed by atoms with van der Waals surface area (Å²) in [5, 5.41) is 5.84. The zero-order chi connectivity index (χ0) is 27.5. The fourth-order valence-corrected chi connectivity index (χ4v) is 7.07. The Hall–Kier alpha value is -2.83. The number of benzene rings is 3. The number of aromatic nitrogens is 1. The molecule has 6 rings (SSSR count). The Morgan fingerprint density at radius 1 is 0.900 bits per heavy atom. The number of halogens is 2. The highest BCUT2D eigenvalue weighted by atomic mass is 35.5. The third-order valence-electron chi connectivity index (χ3n) is 8.35. The molecule has 208 valence electrons. The third kappa shape index (κ3) is 5.80. The number of nitrogens with one attached hydrogen (secondary N) is 1. The van der Waals surface area contributed by atoms with Crippen molar-refractivity contribution in [2.24, 2.45) is 0 Å². The predicted octanol–water partition coefficient (Wildman–Crippen LogP) is 7.29. The van der Waals surface area contributed by atoms with Crippen LogP contribution in [0.5, 0.6) is 0 Å². The van der Waals surface area contributed by atoms with Gasteiger partial charge in [-0.25, -0.2) is 0 Å². The summed E-state index contributed by atoms with van der Waals surface area (Å²) in [5.74, 6) is 0.373. The first-order valence-electron chi connectivity index (χ1n) is 14.3. The van der Waals surface area contributed by atoms with Crippen molar-refractivity contribution < 1.29 is 9.53 Å². The van der Waals surface area contributed by atoms with Crippen LogP contribution in [0.2, 0.25) is 10.0 Å². The molecular weight excluding hydrogens is 541 g/mol. The Labute approximate surface area is 246 Å². The van der Waals surface area contributed by atoms with Gasteiger partial charge in [0.05, 0.1) is 11.8 Å². The van der Waals surface area contributed by atoms with E-state index in [9.17, 15) is 4.79 Å². The quantitative estimate of drug-likeness (QED) is 0.240. The van der Waals surface area contributed by atoms with Crippen LogP contribution in [0.15, 0.2) is 72.8 Å². The number of rotatable bonds is 8. The fourth-order valence-electron chi connectivity index (χ4n) is 6.36. The van der Waals surface area contributed by atoms with E-state index in [1.54, 1.807) is 0 Å². The van der Waals surface area contributed by atoms with Crippen LogP contribution in [-0.2, 0) is 22.6 Å². The van der Waals surface area contributed by atoms with E-state index in [4.69, 9.17) is 27.9 Å². The van der Waals surface area contributed by atoms with Gasteiger partial charge in [0, 0.05) is 40.6 Å². The summed E-state index contributed by atoms with van der Waals surface area (Å²) in [6.45, 7) is 4.36. The largest absolute Gasteiger partial charge is 0.376 e. The highest BCUT2D eigenvalue weighted by molar-refractivity contribution is 6.36. The smallest absolute Gasteiger partial charge is 0.240 e. The zero-order valence-electron chi connectivity index (χ0n) is 22.6. The van der Waals surface area contributed by atoms with Crippen molar-refractivity contribution in [2.75, 3.05) is 26.2 Å². The van der Waals surface area contributed by atoms with Crippen LogP contribution in [0.25, 0.3) is 22.2 Å². The van der Waals surface area contributed by atoms with Crippen LogP contribution in [0.4, 0.5) is 0 Å². The van der Waals surface area contributed by atoms with E-state index < -0.39 is 0 Å². The van der Waals surface area contributed by atoms with E-state index in [1.165, 1.54) is 10.9 Å². The highest BCUT2D eigenvalue weighted by Gasteiger charge is 2.27. The van der Waals surface area contributed by atoms with Gasteiger partial charge in [0.1, 0.15) is 6.54 Å². The van der Waals surface area contributed by atoms with Gasteiger partial charge in [-0.05, 0) is 79.6 Å². The van der Waals surface area contributed by atoms with Gasteiger partial charge in [0.25, 0.3) is 0 Å². The molecule has 0 spiro atoms. The van der Waals surface area contributed by atoms with Crippen molar-refractivity contribution in [3.63, 3.8) is 0 Å². The number of ether oxygens (including phenoxy) is 1.